The summed E-state index contributed by atoms with van der Waals surface area (Å²) in [4.78, 5) is 9.56. The lowest BCUT2D eigenvalue weighted by atomic mass is 10.2. The van der Waals surface area contributed by atoms with Crippen LogP contribution in [0.1, 0.15) is 32.3 Å². The summed E-state index contributed by atoms with van der Waals surface area (Å²) in [5.74, 6) is 1.17. The van der Waals surface area contributed by atoms with Gasteiger partial charge in [0.1, 0.15) is 5.82 Å². The Morgan fingerprint density at radius 2 is 2.25 bits per heavy atom. The number of hydrogen-bond acceptors (Lipinski definition) is 4. The molecule has 1 fully saturated rings. The van der Waals surface area contributed by atoms with Crippen LogP contribution in [0.25, 0.3) is 0 Å². The zero-order valence-electron chi connectivity index (χ0n) is 13.1. The number of nitrogens with one attached hydrogen (secondary N) is 1. The molecule has 1 aromatic heterocycles. The van der Waals surface area contributed by atoms with Crippen LogP contribution >= 0.6 is 0 Å². The average Bonchev–Trinajstić information content (AvgIpc) is 2.60. The molecule has 20 heavy (non-hydrogen) atoms. The average molecular weight is 276 g/mol. The molecule has 1 aliphatic heterocycles. The Hall–Kier alpha value is -1.13. The molecule has 2 rings (SSSR count). The SMILES string of the molecule is CCCNCc1cccnc1N1CCCN(C)CC1C. The predicted molar refractivity (Wildman–Crippen MR) is 85.2 cm³/mol. The third-order valence-corrected chi connectivity index (χ3v) is 3.93. The highest BCUT2D eigenvalue weighted by Crippen LogP contribution is 2.22. The van der Waals surface area contributed by atoms with E-state index in [1.54, 1.807) is 0 Å². The lowest BCUT2D eigenvalue weighted by Gasteiger charge is -2.30. The smallest absolute Gasteiger partial charge is 0.133 e. The summed E-state index contributed by atoms with van der Waals surface area (Å²) in [6.07, 6.45) is 4.29. The van der Waals surface area contributed by atoms with Gasteiger partial charge in [-0.05, 0) is 46.0 Å². The molecule has 4 heteroatoms. The molecule has 0 radical (unpaired) electrons. The van der Waals surface area contributed by atoms with Crippen LogP contribution in [0, 0.1) is 0 Å². The molecular formula is C16H28N4. The van der Waals surface area contributed by atoms with Crippen molar-refractivity contribution < 1.29 is 0 Å². The maximum atomic E-state index is 4.67. The number of anilines is 1. The fraction of sp³-hybridized carbons (Fsp3) is 0.688. The molecule has 1 unspecified atom stereocenters. The monoisotopic (exact) mass is 276 g/mol. The van der Waals surface area contributed by atoms with Gasteiger partial charge in [-0.2, -0.15) is 0 Å². The van der Waals surface area contributed by atoms with E-state index in [1.807, 2.05) is 12.3 Å². The molecule has 1 aromatic rings. The van der Waals surface area contributed by atoms with Crippen LogP contribution in [-0.2, 0) is 6.54 Å². The lowest BCUT2D eigenvalue weighted by molar-refractivity contribution is 0.337. The highest BCUT2D eigenvalue weighted by Gasteiger charge is 2.22. The second-order valence-electron chi connectivity index (χ2n) is 5.82. The van der Waals surface area contributed by atoms with Gasteiger partial charge in [0.2, 0.25) is 0 Å². The van der Waals surface area contributed by atoms with E-state index >= 15 is 0 Å². The molecule has 1 N–H and O–H groups in total. The molecule has 0 aromatic carbocycles. The molecule has 1 atom stereocenters. The first kappa shape index (κ1) is 15.3. The number of rotatable bonds is 5. The Kier molecular flexibility index (Phi) is 5.80. The molecule has 1 saturated heterocycles. The summed E-state index contributed by atoms with van der Waals surface area (Å²) in [5, 5.41) is 3.49. The summed E-state index contributed by atoms with van der Waals surface area (Å²) < 4.78 is 0. The fourth-order valence-electron chi connectivity index (χ4n) is 2.91. The molecule has 112 valence electrons. The molecule has 2 heterocycles. The van der Waals surface area contributed by atoms with Gasteiger partial charge in [0.05, 0.1) is 0 Å². The topological polar surface area (TPSA) is 31.4 Å². The highest BCUT2D eigenvalue weighted by atomic mass is 15.3. The van der Waals surface area contributed by atoms with Crippen molar-refractivity contribution in [2.75, 3.05) is 38.1 Å². The Bertz CT molecular complexity index is 407. The highest BCUT2D eigenvalue weighted by molar-refractivity contribution is 5.47. The molecular weight excluding hydrogens is 248 g/mol. The largest absolute Gasteiger partial charge is 0.352 e. The molecule has 0 saturated carbocycles. The molecule has 0 spiro atoms. The summed E-state index contributed by atoms with van der Waals surface area (Å²) >= 11 is 0. The fourth-order valence-corrected chi connectivity index (χ4v) is 2.91. The van der Waals surface area contributed by atoms with E-state index < -0.39 is 0 Å². The number of nitrogens with zero attached hydrogens (tertiary/aromatic N) is 3. The lowest BCUT2D eigenvalue weighted by Crippen LogP contribution is -2.39. The van der Waals surface area contributed by atoms with Gasteiger partial charge in [-0.25, -0.2) is 4.98 Å². The van der Waals surface area contributed by atoms with Gasteiger partial charge in [-0.15, -0.1) is 0 Å². The summed E-state index contributed by atoms with van der Waals surface area (Å²) in [6.45, 7) is 9.87. The third-order valence-electron chi connectivity index (χ3n) is 3.93. The van der Waals surface area contributed by atoms with E-state index in [1.165, 1.54) is 30.8 Å². The quantitative estimate of drug-likeness (QED) is 0.835. The van der Waals surface area contributed by atoms with E-state index in [4.69, 9.17) is 0 Å². The van der Waals surface area contributed by atoms with E-state index in [-0.39, 0.29) is 0 Å². The van der Waals surface area contributed by atoms with Gasteiger partial charge >= 0.3 is 0 Å². The number of pyridine rings is 1. The zero-order chi connectivity index (χ0) is 14.4. The summed E-state index contributed by atoms with van der Waals surface area (Å²) in [7, 11) is 2.21. The first-order chi connectivity index (χ1) is 9.72. The van der Waals surface area contributed by atoms with E-state index in [0.29, 0.717) is 6.04 Å². The Balaban J connectivity index is 2.13. The van der Waals surface area contributed by atoms with Crippen LogP contribution in [0.4, 0.5) is 5.82 Å². The Morgan fingerprint density at radius 1 is 1.40 bits per heavy atom. The van der Waals surface area contributed by atoms with Gasteiger partial charge in [-0.3, -0.25) is 0 Å². The number of likely N-dealkylation sites (N-methyl/N-ethyl adjacent to an activating group) is 1. The van der Waals surface area contributed by atoms with Crippen LogP contribution in [0.2, 0.25) is 0 Å². The van der Waals surface area contributed by atoms with Crippen LogP contribution in [0.3, 0.4) is 0 Å². The van der Waals surface area contributed by atoms with Crippen molar-refractivity contribution in [1.82, 2.24) is 15.2 Å². The van der Waals surface area contributed by atoms with Crippen molar-refractivity contribution in [1.29, 1.82) is 0 Å². The molecule has 0 bridgehead atoms. The van der Waals surface area contributed by atoms with Gasteiger partial charge in [-0.1, -0.05) is 13.0 Å². The minimum absolute atomic E-state index is 0.516. The van der Waals surface area contributed by atoms with E-state index in [2.05, 4.69) is 47.1 Å². The van der Waals surface area contributed by atoms with E-state index in [9.17, 15) is 0 Å². The van der Waals surface area contributed by atoms with Crippen LogP contribution in [-0.4, -0.2) is 49.2 Å². The minimum Gasteiger partial charge on any atom is -0.352 e. The van der Waals surface area contributed by atoms with Gasteiger partial charge in [0.15, 0.2) is 0 Å². The molecule has 1 aliphatic rings. The molecule has 4 nitrogen and oxygen atoms in total. The van der Waals surface area contributed by atoms with Crippen molar-refractivity contribution in [3.63, 3.8) is 0 Å². The maximum Gasteiger partial charge on any atom is 0.133 e. The van der Waals surface area contributed by atoms with Crippen molar-refractivity contribution >= 4 is 5.82 Å². The number of aromatic nitrogens is 1. The van der Waals surface area contributed by atoms with Gasteiger partial charge in [0.25, 0.3) is 0 Å². The molecule has 0 amide bonds. The zero-order valence-corrected chi connectivity index (χ0v) is 13.1. The van der Waals surface area contributed by atoms with Gasteiger partial charge in [0, 0.05) is 37.4 Å². The van der Waals surface area contributed by atoms with Crippen LogP contribution < -0.4 is 10.2 Å². The van der Waals surface area contributed by atoms with Gasteiger partial charge < -0.3 is 15.1 Å². The summed E-state index contributed by atoms with van der Waals surface area (Å²) in [5.41, 5.74) is 1.32. The normalized spacial score (nSPS) is 20.9. The Labute approximate surface area is 123 Å². The van der Waals surface area contributed by atoms with Crippen LogP contribution in [0.5, 0.6) is 0 Å². The van der Waals surface area contributed by atoms with Crippen molar-refractivity contribution in [3.05, 3.63) is 23.9 Å². The standard InChI is InChI=1S/C16H28N4/c1-4-8-17-12-15-7-5-9-18-16(15)20-11-6-10-19(3)13-14(20)2/h5,7,9,14,17H,4,6,8,10-13H2,1-3H3. The van der Waals surface area contributed by atoms with E-state index in [0.717, 1.165) is 26.2 Å². The first-order valence-corrected chi connectivity index (χ1v) is 7.82. The molecule has 0 aliphatic carbocycles. The number of hydrogen-bond donors (Lipinski definition) is 1. The van der Waals surface area contributed by atoms with Crippen molar-refractivity contribution in [3.8, 4) is 0 Å². The van der Waals surface area contributed by atoms with Crippen molar-refractivity contribution in [2.24, 2.45) is 0 Å². The minimum atomic E-state index is 0.516. The van der Waals surface area contributed by atoms with Crippen molar-refractivity contribution in [2.45, 2.75) is 39.3 Å². The Morgan fingerprint density at radius 3 is 3.05 bits per heavy atom. The second kappa shape index (κ2) is 7.60. The third kappa shape index (κ3) is 3.93. The second-order valence-corrected chi connectivity index (χ2v) is 5.82. The summed E-state index contributed by atoms with van der Waals surface area (Å²) in [6, 6.07) is 4.76. The maximum absolute atomic E-state index is 4.67. The predicted octanol–water partition coefficient (Wildman–Crippen LogP) is 2.11. The van der Waals surface area contributed by atoms with Crippen LogP contribution in [0.15, 0.2) is 18.3 Å². The first-order valence-electron chi connectivity index (χ1n) is 7.82.